The molecule has 0 unspecified atom stereocenters. The maximum absolute atomic E-state index is 13.5. The number of carbonyl (C=O) groups is 1. The lowest BCUT2D eigenvalue weighted by atomic mass is 10.2. The molecule has 2 amide bonds. The van der Waals surface area contributed by atoms with Crippen molar-refractivity contribution in [2.24, 2.45) is 0 Å². The Morgan fingerprint density at radius 2 is 1.90 bits per heavy atom. The fourth-order valence-electron chi connectivity index (χ4n) is 3.60. The Hall–Kier alpha value is -3.73. The predicted octanol–water partition coefficient (Wildman–Crippen LogP) is 1.88. The highest BCUT2D eigenvalue weighted by molar-refractivity contribution is 5.89. The second kappa shape index (κ2) is 8.19. The molecule has 0 bridgehead atoms. The van der Waals surface area contributed by atoms with Crippen LogP contribution in [0, 0.1) is 5.82 Å². The SMILES string of the molecule is O=C(Nc1ccc2c(c1)OCO2)N1CCN(Cc2nnnn2-c2cccc(F)c2)CC1. The summed E-state index contributed by atoms with van der Waals surface area (Å²) in [7, 11) is 0. The minimum atomic E-state index is -0.346. The summed E-state index contributed by atoms with van der Waals surface area (Å²) in [5.74, 6) is 1.57. The number of ether oxygens (including phenoxy) is 2. The van der Waals surface area contributed by atoms with Crippen molar-refractivity contribution in [1.82, 2.24) is 30.0 Å². The van der Waals surface area contributed by atoms with E-state index in [1.54, 1.807) is 35.2 Å². The van der Waals surface area contributed by atoms with Crippen molar-refractivity contribution in [3.8, 4) is 17.2 Å². The largest absolute Gasteiger partial charge is 0.454 e. The third kappa shape index (κ3) is 4.12. The van der Waals surface area contributed by atoms with E-state index in [9.17, 15) is 9.18 Å². The highest BCUT2D eigenvalue weighted by atomic mass is 19.1. The van der Waals surface area contributed by atoms with Crippen LogP contribution in [-0.2, 0) is 6.54 Å². The van der Waals surface area contributed by atoms with Gasteiger partial charge in [0, 0.05) is 37.9 Å². The summed E-state index contributed by atoms with van der Waals surface area (Å²) in [5, 5.41) is 14.7. The molecule has 1 N–H and O–H groups in total. The number of halogens is 1. The van der Waals surface area contributed by atoms with E-state index in [1.807, 2.05) is 0 Å². The number of hydrogen-bond donors (Lipinski definition) is 1. The van der Waals surface area contributed by atoms with Crippen LogP contribution in [-0.4, -0.2) is 69.0 Å². The summed E-state index contributed by atoms with van der Waals surface area (Å²) in [4.78, 5) is 16.5. The number of nitrogens with zero attached hydrogens (tertiary/aromatic N) is 6. The normalized spacial score (nSPS) is 15.8. The molecule has 0 saturated carbocycles. The first-order valence-corrected chi connectivity index (χ1v) is 9.87. The van der Waals surface area contributed by atoms with Gasteiger partial charge in [0.2, 0.25) is 6.79 Å². The van der Waals surface area contributed by atoms with E-state index in [2.05, 4.69) is 25.7 Å². The molecule has 2 aliphatic heterocycles. The van der Waals surface area contributed by atoms with E-state index in [0.29, 0.717) is 61.4 Å². The van der Waals surface area contributed by atoms with E-state index < -0.39 is 0 Å². The molecule has 5 rings (SSSR count). The smallest absolute Gasteiger partial charge is 0.321 e. The summed E-state index contributed by atoms with van der Waals surface area (Å²) < 4.78 is 25.7. The van der Waals surface area contributed by atoms with Gasteiger partial charge in [-0.1, -0.05) is 6.07 Å². The zero-order chi connectivity index (χ0) is 21.2. The van der Waals surface area contributed by atoms with Crippen molar-refractivity contribution < 1.29 is 18.7 Å². The van der Waals surface area contributed by atoms with E-state index >= 15 is 0 Å². The first-order chi connectivity index (χ1) is 15.2. The van der Waals surface area contributed by atoms with Gasteiger partial charge in [-0.15, -0.1) is 5.10 Å². The zero-order valence-corrected chi connectivity index (χ0v) is 16.6. The third-order valence-corrected chi connectivity index (χ3v) is 5.24. The van der Waals surface area contributed by atoms with E-state index in [4.69, 9.17) is 9.47 Å². The van der Waals surface area contributed by atoms with Crippen molar-refractivity contribution >= 4 is 11.7 Å². The summed E-state index contributed by atoms with van der Waals surface area (Å²) in [6, 6.07) is 11.3. The predicted molar refractivity (Wildman–Crippen MR) is 108 cm³/mol. The summed E-state index contributed by atoms with van der Waals surface area (Å²) in [6.07, 6.45) is 0. The lowest BCUT2D eigenvalue weighted by Gasteiger charge is -2.34. The van der Waals surface area contributed by atoms with Gasteiger partial charge in [-0.25, -0.2) is 9.18 Å². The number of aromatic nitrogens is 4. The molecule has 11 heteroatoms. The molecule has 3 heterocycles. The summed E-state index contributed by atoms with van der Waals surface area (Å²) in [6.45, 7) is 3.17. The first-order valence-electron chi connectivity index (χ1n) is 9.87. The standard InChI is InChI=1S/C20H20FN7O3/c21-14-2-1-3-16(10-14)28-19(23-24-25-28)12-26-6-8-27(9-7-26)20(29)22-15-4-5-17-18(11-15)31-13-30-17/h1-5,10-11H,6-9,12-13H2,(H,22,29). The van der Waals surface area contributed by atoms with Crippen molar-refractivity contribution in [3.63, 3.8) is 0 Å². The number of piperazine rings is 1. The second-order valence-electron chi connectivity index (χ2n) is 7.25. The number of carbonyl (C=O) groups excluding carboxylic acids is 1. The molecule has 1 saturated heterocycles. The Morgan fingerprint density at radius 3 is 2.74 bits per heavy atom. The molecule has 0 spiro atoms. The van der Waals surface area contributed by atoms with E-state index in [-0.39, 0.29) is 18.6 Å². The molecule has 3 aromatic rings. The average molecular weight is 425 g/mol. The quantitative estimate of drug-likeness (QED) is 0.682. The van der Waals surface area contributed by atoms with Crippen LogP contribution in [0.25, 0.3) is 5.69 Å². The maximum Gasteiger partial charge on any atom is 0.321 e. The number of benzene rings is 2. The first kappa shape index (κ1) is 19.2. The number of rotatable bonds is 4. The van der Waals surface area contributed by atoms with Crippen LogP contribution >= 0.6 is 0 Å². The lowest BCUT2D eigenvalue weighted by Crippen LogP contribution is -2.49. The maximum atomic E-state index is 13.5. The van der Waals surface area contributed by atoms with Gasteiger partial charge in [0.25, 0.3) is 0 Å². The molecule has 10 nitrogen and oxygen atoms in total. The number of urea groups is 1. The lowest BCUT2D eigenvalue weighted by molar-refractivity contribution is 0.140. The van der Waals surface area contributed by atoms with Crippen LogP contribution in [0.1, 0.15) is 5.82 Å². The summed E-state index contributed by atoms with van der Waals surface area (Å²) >= 11 is 0. The number of nitrogens with one attached hydrogen (secondary N) is 1. The highest BCUT2D eigenvalue weighted by Gasteiger charge is 2.23. The number of anilines is 1. The topological polar surface area (TPSA) is 97.6 Å². The fourth-order valence-corrected chi connectivity index (χ4v) is 3.60. The van der Waals surface area contributed by atoms with Gasteiger partial charge in [-0.2, -0.15) is 4.68 Å². The van der Waals surface area contributed by atoms with E-state index in [0.717, 1.165) is 0 Å². The van der Waals surface area contributed by atoms with Crippen molar-refractivity contribution in [1.29, 1.82) is 0 Å². The molecular formula is C20H20FN7O3. The molecule has 0 atom stereocenters. The molecule has 2 aliphatic rings. The average Bonchev–Trinajstić information content (AvgIpc) is 3.43. The van der Waals surface area contributed by atoms with Gasteiger partial charge < -0.3 is 19.7 Å². The Morgan fingerprint density at radius 1 is 1.06 bits per heavy atom. The van der Waals surface area contributed by atoms with Crippen LogP contribution in [0.15, 0.2) is 42.5 Å². The van der Waals surface area contributed by atoms with Crippen LogP contribution in [0.2, 0.25) is 0 Å². The van der Waals surface area contributed by atoms with Crippen molar-refractivity contribution in [3.05, 3.63) is 54.1 Å². The molecule has 31 heavy (non-hydrogen) atoms. The minimum absolute atomic E-state index is 0.164. The third-order valence-electron chi connectivity index (χ3n) is 5.24. The van der Waals surface area contributed by atoms with Crippen LogP contribution in [0.3, 0.4) is 0 Å². The van der Waals surface area contributed by atoms with Gasteiger partial charge in [-0.05, 0) is 40.8 Å². The van der Waals surface area contributed by atoms with Crippen molar-refractivity contribution in [2.75, 3.05) is 38.3 Å². The Labute approximate surface area is 177 Å². The second-order valence-corrected chi connectivity index (χ2v) is 7.25. The Kier molecular flexibility index (Phi) is 5.08. The Balaban J connectivity index is 1.17. The summed E-state index contributed by atoms with van der Waals surface area (Å²) in [5.41, 5.74) is 1.23. The molecule has 160 valence electrons. The minimum Gasteiger partial charge on any atom is -0.454 e. The zero-order valence-electron chi connectivity index (χ0n) is 16.6. The van der Waals surface area contributed by atoms with Gasteiger partial charge in [0.05, 0.1) is 12.2 Å². The highest BCUT2D eigenvalue weighted by Crippen LogP contribution is 2.34. The van der Waals surface area contributed by atoms with E-state index in [1.165, 1.54) is 16.8 Å². The van der Waals surface area contributed by atoms with Crippen LogP contribution in [0.4, 0.5) is 14.9 Å². The van der Waals surface area contributed by atoms with Gasteiger partial charge in [-0.3, -0.25) is 4.90 Å². The van der Waals surface area contributed by atoms with Gasteiger partial charge in [0.1, 0.15) is 5.82 Å². The molecule has 2 aromatic carbocycles. The Bertz CT molecular complexity index is 1100. The van der Waals surface area contributed by atoms with Gasteiger partial charge in [0.15, 0.2) is 17.3 Å². The molecule has 0 aliphatic carbocycles. The molecule has 1 fully saturated rings. The number of tetrazole rings is 1. The number of hydrogen-bond acceptors (Lipinski definition) is 7. The molecular weight excluding hydrogens is 405 g/mol. The number of fused-ring (bicyclic) bond motifs is 1. The molecule has 1 aromatic heterocycles. The van der Waals surface area contributed by atoms with Crippen molar-refractivity contribution in [2.45, 2.75) is 6.54 Å². The number of amides is 2. The monoisotopic (exact) mass is 425 g/mol. The van der Waals surface area contributed by atoms with Gasteiger partial charge >= 0.3 is 6.03 Å². The van der Waals surface area contributed by atoms with Crippen LogP contribution < -0.4 is 14.8 Å². The fraction of sp³-hybridized carbons (Fsp3) is 0.300. The molecule has 0 radical (unpaired) electrons. The van der Waals surface area contributed by atoms with Crippen LogP contribution in [0.5, 0.6) is 11.5 Å².